The van der Waals surface area contributed by atoms with Crippen LogP contribution in [0.25, 0.3) is 11.1 Å². The van der Waals surface area contributed by atoms with Crippen LogP contribution in [0.5, 0.6) is 0 Å². The van der Waals surface area contributed by atoms with Crippen LogP contribution in [-0.4, -0.2) is 5.16 Å². The predicted octanol–water partition coefficient (Wildman–Crippen LogP) is 3.61. The monoisotopic (exact) mass is 268 g/mol. The zero-order valence-electron chi connectivity index (χ0n) is 11.3. The Bertz CT molecular complexity index is 699. The molecule has 0 saturated heterocycles. The van der Waals surface area contributed by atoms with Crippen molar-refractivity contribution < 1.29 is 8.94 Å². The molecule has 1 aromatic carbocycles. The van der Waals surface area contributed by atoms with E-state index in [9.17, 15) is 0 Å². The second-order valence-electron chi connectivity index (χ2n) is 4.76. The SMILES string of the molecule is Cc1ccccc1-c1c(N)noc1CCc1ccco1. The van der Waals surface area contributed by atoms with Gasteiger partial charge in [0.25, 0.3) is 0 Å². The number of nitrogens with two attached hydrogens (primary N) is 1. The average molecular weight is 268 g/mol. The first-order valence-electron chi connectivity index (χ1n) is 6.58. The Morgan fingerprint density at radius 3 is 2.70 bits per heavy atom. The lowest BCUT2D eigenvalue weighted by Gasteiger charge is -2.05. The maximum Gasteiger partial charge on any atom is 0.175 e. The van der Waals surface area contributed by atoms with Gasteiger partial charge in [0.1, 0.15) is 11.5 Å². The summed E-state index contributed by atoms with van der Waals surface area (Å²) in [4.78, 5) is 0. The number of benzene rings is 1. The van der Waals surface area contributed by atoms with Crippen molar-refractivity contribution in [1.82, 2.24) is 5.16 Å². The molecule has 0 radical (unpaired) electrons. The molecular formula is C16H16N2O2. The van der Waals surface area contributed by atoms with Crippen molar-refractivity contribution in [3.05, 3.63) is 59.7 Å². The molecule has 0 aliphatic carbocycles. The minimum atomic E-state index is 0.439. The van der Waals surface area contributed by atoms with Crippen LogP contribution in [0.4, 0.5) is 5.82 Å². The Morgan fingerprint density at radius 1 is 1.10 bits per heavy atom. The van der Waals surface area contributed by atoms with Crippen molar-refractivity contribution in [3.63, 3.8) is 0 Å². The number of aromatic nitrogens is 1. The topological polar surface area (TPSA) is 65.2 Å². The van der Waals surface area contributed by atoms with Crippen LogP contribution in [-0.2, 0) is 12.8 Å². The van der Waals surface area contributed by atoms with Gasteiger partial charge in [-0.3, -0.25) is 0 Å². The van der Waals surface area contributed by atoms with Crippen LogP contribution in [0.2, 0.25) is 0 Å². The van der Waals surface area contributed by atoms with Gasteiger partial charge in [-0.15, -0.1) is 0 Å². The molecule has 4 heteroatoms. The summed E-state index contributed by atoms with van der Waals surface area (Å²) < 4.78 is 10.7. The van der Waals surface area contributed by atoms with E-state index >= 15 is 0 Å². The smallest absolute Gasteiger partial charge is 0.175 e. The zero-order chi connectivity index (χ0) is 13.9. The molecule has 0 bridgehead atoms. The number of rotatable bonds is 4. The Hall–Kier alpha value is -2.49. The van der Waals surface area contributed by atoms with E-state index in [2.05, 4.69) is 18.1 Å². The van der Waals surface area contributed by atoms with Gasteiger partial charge in [0.05, 0.1) is 11.8 Å². The lowest BCUT2D eigenvalue weighted by molar-refractivity contribution is 0.382. The predicted molar refractivity (Wildman–Crippen MR) is 77.2 cm³/mol. The molecule has 102 valence electrons. The van der Waals surface area contributed by atoms with E-state index in [1.807, 2.05) is 30.3 Å². The molecular weight excluding hydrogens is 252 g/mol. The van der Waals surface area contributed by atoms with E-state index in [0.29, 0.717) is 12.2 Å². The summed E-state index contributed by atoms with van der Waals surface area (Å²) in [5, 5.41) is 3.91. The van der Waals surface area contributed by atoms with E-state index in [-0.39, 0.29) is 0 Å². The van der Waals surface area contributed by atoms with Gasteiger partial charge in [-0.1, -0.05) is 29.4 Å². The number of nitrogens with zero attached hydrogens (tertiary/aromatic N) is 1. The molecule has 0 spiro atoms. The second-order valence-corrected chi connectivity index (χ2v) is 4.76. The van der Waals surface area contributed by atoms with E-state index in [0.717, 1.165) is 34.6 Å². The van der Waals surface area contributed by atoms with E-state index in [1.54, 1.807) is 6.26 Å². The summed E-state index contributed by atoms with van der Waals surface area (Å²) >= 11 is 0. The van der Waals surface area contributed by atoms with Crippen LogP contribution in [0.15, 0.2) is 51.6 Å². The average Bonchev–Trinajstić information content (AvgIpc) is 3.07. The third-order valence-corrected chi connectivity index (χ3v) is 3.38. The fraction of sp³-hybridized carbons (Fsp3) is 0.188. The molecule has 4 nitrogen and oxygen atoms in total. The van der Waals surface area contributed by atoms with Crippen LogP contribution in [0.3, 0.4) is 0 Å². The zero-order valence-corrected chi connectivity index (χ0v) is 11.3. The van der Waals surface area contributed by atoms with Crippen molar-refractivity contribution in [1.29, 1.82) is 0 Å². The van der Waals surface area contributed by atoms with Gasteiger partial charge in [-0.2, -0.15) is 0 Å². The maximum absolute atomic E-state index is 5.96. The summed E-state index contributed by atoms with van der Waals surface area (Å²) in [6, 6.07) is 11.9. The Labute approximate surface area is 117 Å². The van der Waals surface area contributed by atoms with Crippen molar-refractivity contribution in [3.8, 4) is 11.1 Å². The first kappa shape index (κ1) is 12.5. The lowest BCUT2D eigenvalue weighted by atomic mass is 9.99. The van der Waals surface area contributed by atoms with Gasteiger partial charge in [0.2, 0.25) is 0 Å². The highest BCUT2D eigenvalue weighted by Crippen LogP contribution is 2.32. The number of aryl methyl sites for hydroxylation is 3. The molecule has 0 saturated carbocycles. The first-order chi connectivity index (χ1) is 9.75. The van der Waals surface area contributed by atoms with Crippen molar-refractivity contribution in [2.75, 3.05) is 5.73 Å². The number of hydrogen-bond acceptors (Lipinski definition) is 4. The second kappa shape index (κ2) is 5.25. The van der Waals surface area contributed by atoms with Gasteiger partial charge < -0.3 is 14.7 Å². The van der Waals surface area contributed by atoms with E-state index < -0.39 is 0 Å². The normalized spacial score (nSPS) is 10.8. The Balaban J connectivity index is 1.92. The minimum absolute atomic E-state index is 0.439. The molecule has 3 aromatic rings. The largest absolute Gasteiger partial charge is 0.469 e. The van der Waals surface area contributed by atoms with Gasteiger partial charge in [-0.25, -0.2) is 0 Å². The summed E-state index contributed by atoms with van der Waals surface area (Å²) in [6.07, 6.45) is 3.15. The van der Waals surface area contributed by atoms with E-state index in [4.69, 9.17) is 14.7 Å². The van der Waals surface area contributed by atoms with Crippen molar-refractivity contribution in [2.45, 2.75) is 19.8 Å². The molecule has 2 aromatic heterocycles. The molecule has 2 heterocycles. The molecule has 20 heavy (non-hydrogen) atoms. The molecule has 0 atom stereocenters. The Kier molecular flexibility index (Phi) is 3.29. The fourth-order valence-electron chi connectivity index (χ4n) is 2.34. The minimum Gasteiger partial charge on any atom is -0.469 e. The fourth-order valence-corrected chi connectivity index (χ4v) is 2.34. The molecule has 0 aliphatic rings. The summed E-state index contributed by atoms with van der Waals surface area (Å²) in [5.74, 6) is 2.16. The summed E-state index contributed by atoms with van der Waals surface area (Å²) in [5.41, 5.74) is 9.09. The summed E-state index contributed by atoms with van der Waals surface area (Å²) in [7, 11) is 0. The Morgan fingerprint density at radius 2 is 1.95 bits per heavy atom. The van der Waals surface area contributed by atoms with Crippen molar-refractivity contribution in [2.24, 2.45) is 0 Å². The van der Waals surface area contributed by atoms with E-state index in [1.165, 1.54) is 0 Å². The molecule has 0 aliphatic heterocycles. The highest BCUT2D eigenvalue weighted by molar-refractivity contribution is 5.77. The molecule has 0 amide bonds. The van der Waals surface area contributed by atoms with Crippen LogP contribution >= 0.6 is 0 Å². The third kappa shape index (κ3) is 2.32. The molecule has 3 rings (SSSR count). The van der Waals surface area contributed by atoms with Crippen LogP contribution < -0.4 is 5.73 Å². The van der Waals surface area contributed by atoms with Gasteiger partial charge >= 0.3 is 0 Å². The number of nitrogen functional groups attached to an aromatic ring is 1. The molecule has 0 fully saturated rings. The van der Waals surface area contributed by atoms with Crippen LogP contribution in [0.1, 0.15) is 17.1 Å². The van der Waals surface area contributed by atoms with Gasteiger partial charge in [0.15, 0.2) is 5.82 Å². The standard InChI is InChI=1S/C16H16N2O2/c1-11-5-2-3-7-13(11)15-14(20-18-16(15)17)9-8-12-6-4-10-19-12/h2-7,10H,8-9H2,1H3,(H2,17,18). The highest BCUT2D eigenvalue weighted by atomic mass is 16.5. The van der Waals surface area contributed by atoms with Gasteiger partial charge in [-0.05, 0) is 30.2 Å². The van der Waals surface area contributed by atoms with Crippen LogP contribution in [0, 0.1) is 6.92 Å². The quantitative estimate of drug-likeness (QED) is 0.785. The van der Waals surface area contributed by atoms with Crippen molar-refractivity contribution >= 4 is 5.82 Å². The number of furan rings is 1. The lowest BCUT2D eigenvalue weighted by Crippen LogP contribution is -1.94. The molecule has 2 N–H and O–H groups in total. The molecule has 0 unspecified atom stereocenters. The first-order valence-corrected chi connectivity index (χ1v) is 6.58. The number of hydrogen-bond donors (Lipinski definition) is 1. The third-order valence-electron chi connectivity index (χ3n) is 3.38. The summed E-state index contributed by atoms with van der Waals surface area (Å²) in [6.45, 7) is 2.05. The maximum atomic E-state index is 5.96. The number of anilines is 1. The highest BCUT2D eigenvalue weighted by Gasteiger charge is 2.17. The van der Waals surface area contributed by atoms with Gasteiger partial charge in [0, 0.05) is 12.8 Å².